The number of benzene rings is 2. The highest BCUT2D eigenvalue weighted by molar-refractivity contribution is 5.97. The van der Waals surface area contributed by atoms with Crippen molar-refractivity contribution < 1.29 is 28.2 Å². The van der Waals surface area contributed by atoms with Crippen LogP contribution in [0.4, 0.5) is 19.3 Å². The number of aliphatic hydroxyl groups is 1. The van der Waals surface area contributed by atoms with Gasteiger partial charge in [-0.05, 0) is 81.1 Å². The number of amides is 2. The van der Waals surface area contributed by atoms with Crippen molar-refractivity contribution in [3.8, 4) is 11.1 Å². The molecule has 3 N–H and O–H groups in total. The molecule has 172 valence electrons. The molecule has 32 heavy (non-hydrogen) atoms. The van der Waals surface area contributed by atoms with Gasteiger partial charge in [0.25, 0.3) is 0 Å². The van der Waals surface area contributed by atoms with Gasteiger partial charge in [0.05, 0.1) is 18.1 Å². The quantitative estimate of drug-likeness (QED) is 0.580. The second-order valence-corrected chi connectivity index (χ2v) is 9.08. The van der Waals surface area contributed by atoms with Crippen molar-refractivity contribution in [1.29, 1.82) is 0 Å². The molecule has 1 heterocycles. The Kier molecular flexibility index (Phi) is 6.83. The van der Waals surface area contributed by atoms with E-state index < -0.39 is 47.3 Å². The van der Waals surface area contributed by atoms with Crippen molar-refractivity contribution >= 4 is 17.7 Å². The maximum atomic E-state index is 14.6. The first kappa shape index (κ1) is 23.7. The van der Waals surface area contributed by atoms with Gasteiger partial charge in [-0.1, -0.05) is 6.92 Å². The summed E-state index contributed by atoms with van der Waals surface area (Å²) in [6.45, 7) is 6.76. The second kappa shape index (κ2) is 9.24. The van der Waals surface area contributed by atoms with E-state index in [0.29, 0.717) is 16.8 Å². The summed E-state index contributed by atoms with van der Waals surface area (Å²) in [4.78, 5) is 25.1. The Hall–Kier alpha value is -3.00. The number of aliphatic hydroxyl groups excluding tert-OH is 1. The third-order valence-electron chi connectivity index (χ3n) is 5.31. The van der Waals surface area contributed by atoms with Gasteiger partial charge in [0.15, 0.2) is 0 Å². The van der Waals surface area contributed by atoms with Gasteiger partial charge in [0.1, 0.15) is 17.2 Å². The third kappa shape index (κ3) is 5.82. The average molecular weight is 446 g/mol. The van der Waals surface area contributed by atoms with E-state index in [9.17, 15) is 23.5 Å². The van der Waals surface area contributed by atoms with Crippen molar-refractivity contribution in [2.45, 2.75) is 58.3 Å². The Morgan fingerprint density at radius 3 is 2.53 bits per heavy atom. The first-order valence-electron chi connectivity index (χ1n) is 10.5. The number of hydrogen-bond acceptors (Lipinski definition) is 4. The predicted molar refractivity (Wildman–Crippen MR) is 117 cm³/mol. The summed E-state index contributed by atoms with van der Waals surface area (Å²) in [5.74, 6) is -2.34. The molecule has 0 radical (unpaired) electrons. The van der Waals surface area contributed by atoms with Crippen LogP contribution in [0.2, 0.25) is 0 Å². The summed E-state index contributed by atoms with van der Waals surface area (Å²) in [6.07, 6.45) is -1.28. The van der Waals surface area contributed by atoms with Gasteiger partial charge in [-0.15, -0.1) is 0 Å². The molecular weight excluding hydrogens is 418 g/mol. The van der Waals surface area contributed by atoms with Crippen molar-refractivity contribution in [3.63, 3.8) is 0 Å². The van der Waals surface area contributed by atoms with Gasteiger partial charge in [-0.2, -0.15) is 0 Å². The molecule has 2 aromatic carbocycles. The smallest absolute Gasteiger partial charge is 0.408 e. The minimum absolute atomic E-state index is 0.178. The zero-order valence-electron chi connectivity index (χ0n) is 18.5. The molecular formula is C24H28F2N2O4. The highest BCUT2D eigenvalue weighted by Gasteiger charge is 2.27. The molecule has 0 fully saturated rings. The first-order chi connectivity index (χ1) is 14.9. The normalized spacial score (nSPS) is 21.5. The molecule has 3 rings (SSSR count). The van der Waals surface area contributed by atoms with Crippen LogP contribution in [-0.4, -0.2) is 28.8 Å². The van der Waals surface area contributed by atoms with Gasteiger partial charge < -0.3 is 20.5 Å². The van der Waals surface area contributed by atoms with Crippen LogP contribution in [0.5, 0.6) is 0 Å². The Morgan fingerprint density at radius 1 is 1.12 bits per heavy atom. The maximum Gasteiger partial charge on any atom is 0.408 e. The fraction of sp³-hybridized carbons (Fsp3) is 0.417. The lowest BCUT2D eigenvalue weighted by atomic mass is 9.91. The number of alkyl carbamates (subject to hydrolysis) is 1. The molecule has 0 aliphatic carbocycles. The van der Waals surface area contributed by atoms with E-state index in [2.05, 4.69) is 10.6 Å². The second-order valence-electron chi connectivity index (χ2n) is 9.08. The van der Waals surface area contributed by atoms with Gasteiger partial charge in [-0.3, -0.25) is 4.79 Å². The van der Waals surface area contributed by atoms with E-state index in [-0.39, 0.29) is 18.4 Å². The van der Waals surface area contributed by atoms with E-state index in [1.807, 2.05) is 0 Å². The van der Waals surface area contributed by atoms with Gasteiger partial charge >= 0.3 is 6.09 Å². The van der Waals surface area contributed by atoms with Gasteiger partial charge in [0.2, 0.25) is 5.91 Å². The average Bonchev–Trinajstić information content (AvgIpc) is 2.69. The van der Waals surface area contributed by atoms with Crippen molar-refractivity contribution in [2.24, 2.45) is 5.92 Å². The number of ether oxygens (including phenoxy) is 1. The van der Waals surface area contributed by atoms with Crippen molar-refractivity contribution in [2.75, 3.05) is 5.32 Å². The van der Waals surface area contributed by atoms with Crippen LogP contribution in [0.15, 0.2) is 36.4 Å². The number of halogens is 2. The Labute approximate surface area is 186 Å². The summed E-state index contributed by atoms with van der Waals surface area (Å²) in [5, 5.41) is 16.0. The molecule has 0 aromatic heterocycles. The van der Waals surface area contributed by atoms with Crippen LogP contribution in [0.3, 0.4) is 0 Å². The first-order valence-corrected chi connectivity index (χ1v) is 10.5. The SMILES string of the molecule is C[C@H]1C(=O)Nc2ccc(F)cc2-c2cc(F)cc(c2)[C@@H](NC(=O)OC(C)(C)C)CCC1O. The Balaban J connectivity index is 2.10. The minimum atomic E-state index is -1.01. The van der Waals surface area contributed by atoms with Crippen LogP contribution >= 0.6 is 0 Å². The summed E-state index contributed by atoms with van der Waals surface area (Å²) in [5.41, 5.74) is 0.638. The molecule has 1 aliphatic rings. The zero-order valence-corrected chi connectivity index (χ0v) is 18.5. The highest BCUT2D eigenvalue weighted by atomic mass is 19.1. The van der Waals surface area contributed by atoms with E-state index in [1.165, 1.54) is 30.3 Å². The van der Waals surface area contributed by atoms with Crippen LogP contribution in [0, 0.1) is 17.6 Å². The third-order valence-corrected chi connectivity index (χ3v) is 5.31. The predicted octanol–water partition coefficient (Wildman–Crippen LogP) is 4.93. The number of nitrogens with one attached hydrogen (secondary N) is 2. The summed E-state index contributed by atoms with van der Waals surface area (Å²) < 4.78 is 34.0. The maximum absolute atomic E-state index is 14.6. The summed E-state index contributed by atoms with van der Waals surface area (Å²) in [7, 11) is 0. The molecule has 0 spiro atoms. The van der Waals surface area contributed by atoms with Gasteiger partial charge in [-0.25, -0.2) is 13.6 Å². The Bertz CT molecular complexity index is 1020. The monoisotopic (exact) mass is 446 g/mol. The van der Waals surface area contributed by atoms with Crippen LogP contribution in [-0.2, 0) is 9.53 Å². The molecule has 2 bridgehead atoms. The fourth-order valence-corrected chi connectivity index (χ4v) is 3.61. The van der Waals surface area contributed by atoms with Crippen LogP contribution in [0.25, 0.3) is 11.1 Å². The minimum Gasteiger partial charge on any atom is -0.444 e. The lowest BCUT2D eigenvalue weighted by Crippen LogP contribution is -2.36. The summed E-state index contributed by atoms with van der Waals surface area (Å²) >= 11 is 0. The van der Waals surface area contributed by atoms with E-state index in [1.54, 1.807) is 33.8 Å². The van der Waals surface area contributed by atoms with Crippen molar-refractivity contribution in [1.82, 2.24) is 5.32 Å². The van der Waals surface area contributed by atoms with E-state index >= 15 is 0 Å². The Morgan fingerprint density at radius 2 is 1.84 bits per heavy atom. The molecule has 2 aromatic rings. The molecule has 1 unspecified atom stereocenters. The van der Waals surface area contributed by atoms with Crippen molar-refractivity contribution in [3.05, 3.63) is 53.6 Å². The lowest BCUT2D eigenvalue weighted by Gasteiger charge is -2.27. The molecule has 8 heteroatoms. The summed E-state index contributed by atoms with van der Waals surface area (Å²) in [6, 6.07) is 7.26. The number of carbonyl (C=O) groups excluding carboxylic acids is 2. The molecule has 3 atom stereocenters. The topological polar surface area (TPSA) is 87.7 Å². The lowest BCUT2D eigenvalue weighted by molar-refractivity contribution is -0.122. The van der Waals surface area contributed by atoms with Gasteiger partial charge in [0, 0.05) is 11.3 Å². The number of rotatable bonds is 1. The number of anilines is 1. The largest absolute Gasteiger partial charge is 0.444 e. The standard InChI is InChI=1S/C24H28F2N2O4/c1-13-21(29)8-7-19(28-23(31)32-24(2,3)4)15-9-14(10-17(26)11-15)18-12-16(25)5-6-20(18)27-22(13)30/h5-6,9-13,19,21,29H,7-8H2,1-4H3,(H,27,30)(H,28,31)/t13-,19+,21?/m1/s1. The van der Waals surface area contributed by atoms with Crippen LogP contribution in [0.1, 0.15) is 52.1 Å². The molecule has 1 aliphatic heterocycles. The zero-order chi connectivity index (χ0) is 23.6. The molecule has 0 saturated carbocycles. The molecule has 6 nitrogen and oxygen atoms in total. The van der Waals surface area contributed by atoms with E-state index in [0.717, 1.165) is 0 Å². The van der Waals surface area contributed by atoms with E-state index in [4.69, 9.17) is 4.74 Å². The molecule has 2 amide bonds. The highest BCUT2D eigenvalue weighted by Crippen LogP contribution is 2.34. The fourth-order valence-electron chi connectivity index (χ4n) is 3.61. The molecule has 0 saturated heterocycles. The number of hydrogen-bond donors (Lipinski definition) is 3. The number of carbonyl (C=O) groups is 2. The number of fused-ring (bicyclic) bond motifs is 4. The van der Waals surface area contributed by atoms with Crippen LogP contribution < -0.4 is 10.6 Å².